The fourth-order valence-electron chi connectivity index (χ4n) is 3.24. The van der Waals surface area contributed by atoms with E-state index in [1.165, 1.54) is 6.42 Å². The van der Waals surface area contributed by atoms with Crippen molar-refractivity contribution in [2.45, 2.75) is 51.6 Å². The number of amides is 1. The van der Waals surface area contributed by atoms with E-state index in [-0.39, 0.29) is 18.0 Å². The summed E-state index contributed by atoms with van der Waals surface area (Å²) in [6.45, 7) is 2.65. The Morgan fingerprint density at radius 1 is 1.00 bits per heavy atom. The van der Waals surface area contributed by atoms with Gasteiger partial charge in [0.25, 0.3) is 5.91 Å². The Morgan fingerprint density at radius 2 is 1.75 bits per heavy atom. The molecule has 0 spiro atoms. The van der Waals surface area contributed by atoms with E-state index in [2.05, 4.69) is 5.32 Å². The van der Waals surface area contributed by atoms with Crippen molar-refractivity contribution in [3.05, 3.63) is 59.7 Å². The van der Waals surface area contributed by atoms with E-state index in [1.54, 1.807) is 42.5 Å². The van der Waals surface area contributed by atoms with Gasteiger partial charge in [-0.25, -0.2) is 4.79 Å². The highest BCUT2D eigenvalue weighted by atomic mass is 16.5. The predicted molar refractivity (Wildman–Crippen MR) is 109 cm³/mol. The number of esters is 1. The molecule has 2 aromatic rings. The molecule has 0 aromatic heterocycles. The first-order valence-electron chi connectivity index (χ1n) is 10.0. The largest absolute Gasteiger partial charge is 0.494 e. The van der Waals surface area contributed by atoms with Crippen LogP contribution in [0.4, 0.5) is 5.69 Å². The van der Waals surface area contributed by atoms with Crippen LogP contribution >= 0.6 is 0 Å². The SMILES string of the molecule is CCCOc1cccc(C(=O)Nc2ccc(C(=O)OC3CCCCC3)cc2)c1. The maximum absolute atomic E-state index is 12.5. The second kappa shape index (κ2) is 9.93. The monoisotopic (exact) mass is 381 g/mol. The maximum Gasteiger partial charge on any atom is 0.338 e. The van der Waals surface area contributed by atoms with Crippen molar-refractivity contribution in [1.82, 2.24) is 0 Å². The average molecular weight is 381 g/mol. The number of carbonyl (C=O) groups excluding carboxylic acids is 2. The summed E-state index contributed by atoms with van der Waals surface area (Å²) in [5.74, 6) is 0.153. The summed E-state index contributed by atoms with van der Waals surface area (Å²) < 4.78 is 11.1. The molecule has 1 aliphatic carbocycles. The van der Waals surface area contributed by atoms with E-state index in [1.807, 2.05) is 13.0 Å². The van der Waals surface area contributed by atoms with Gasteiger partial charge in [-0.2, -0.15) is 0 Å². The second-order valence-corrected chi connectivity index (χ2v) is 7.07. The molecule has 0 atom stereocenters. The van der Waals surface area contributed by atoms with Crippen LogP contribution in [0.5, 0.6) is 5.75 Å². The van der Waals surface area contributed by atoms with Crippen molar-refractivity contribution < 1.29 is 19.1 Å². The van der Waals surface area contributed by atoms with Crippen molar-refractivity contribution in [1.29, 1.82) is 0 Å². The van der Waals surface area contributed by atoms with Crippen molar-refractivity contribution in [2.75, 3.05) is 11.9 Å². The molecule has 1 amide bonds. The molecule has 5 heteroatoms. The van der Waals surface area contributed by atoms with E-state index in [4.69, 9.17) is 9.47 Å². The Balaban J connectivity index is 1.57. The Labute approximate surface area is 166 Å². The third kappa shape index (κ3) is 5.59. The minimum Gasteiger partial charge on any atom is -0.494 e. The lowest BCUT2D eigenvalue weighted by Gasteiger charge is -2.21. The minimum absolute atomic E-state index is 0.0304. The highest BCUT2D eigenvalue weighted by molar-refractivity contribution is 6.04. The van der Waals surface area contributed by atoms with E-state index in [9.17, 15) is 9.59 Å². The Kier molecular flexibility index (Phi) is 7.06. The molecule has 0 unspecified atom stereocenters. The molecular weight excluding hydrogens is 354 g/mol. The van der Waals surface area contributed by atoms with Crippen LogP contribution in [0.3, 0.4) is 0 Å². The number of anilines is 1. The Bertz CT molecular complexity index is 795. The number of hydrogen-bond donors (Lipinski definition) is 1. The van der Waals surface area contributed by atoms with Gasteiger partial charge in [-0.1, -0.05) is 19.4 Å². The lowest BCUT2D eigenvalue weighted by Crippen LogP contribution is -2.21. The van der Waals surface area contributed by atoms with Crippen LogP contribution in [-0.4, -0.2) is 24.6 Å². The third-order valence-electron chi connectivity index (χ3n) is 4.77. The first-order chi connectivity index (χ1) is 13.7. The first kappa shape index (κ1) is 19.9. The summed E-state index contributed by atoms with van der Waals surface area (Å²) >= 11 is 0. The lowest BCUT2D eigenvalue weighted by atomic mass is 9.98. The molecule has 148 valence electrons. The van der Waals surface area contributed by atoms with E-state index in [0.29, 0.717) is 29.2 Å². The number of rotatable bonds is 7. The quantitative estimate of drug-likeness (QED) is 0.668. The van der Waals surface area contributed by atoms with Crippen LogP contribution in [0.15, 0.2) is 48.5 Å². The van der Waals surface area contributed by atoms with Gasteiger partial charge in [0.05, 0.1) is 12.2 Å². The maximum atomic E-state index is 12.5. The van der Waals surface area contributed by atoms with Crippen molar-refractivity contribution in [3.8, 4) is 5.75 Å². The van der Waals surface area contributed by atoms with Gasteiger partial charge in [0, 0.05) is 11.3 Å². The first-order valence-corrected chi connectivity index (χ1v) is 10.0. The molecule has 1 fully saturated rings. The van der Waals surface area contributed by atoms with Crippen LogP contribution in [0.2, 0.25) is 0 Å². The van der Waals surface area contributed by atoms with Gasteiger partial charge < -0.3 is 14.8 Å². The lowest BCUT2D eigenvalue weighted by molar-refractivity contribution is 0.0211. The molecule has 0 aliphatic heterocycles. The predicted octanol–water partition coefficient (Wildman–Crippen LogP) is 5.22. The Hall–Kier alpha value is -2.82. The molecule has 0 bridgehead atoms. The second-order valence-electron chi connectivity index (χ2n) is 7.07. The highest BCUT2D eigenvalue weighted by Gasteiger charge is 2.18. The van der Waals surface area contributed by atoms with Crippen molar-refractivity contribution in [2.24, 2.45) is 0 Å². The smallest absolute Gasteiger partial charge is 0.338 e. The fraction of sp³-hybridized carbons (Fsp3) is 0.391. The summed E-state index contributed by atoms with van der Waals surface area (Å²) in [7, 11) is 0. The number of hydrogen-bond acceptors (Lipinski definition) is 4. The number of carbonyl (C=O) groups is 2. The standard InChI is InChI=1S/C23H27NO4/c1-2-15-27-21-10-6-7-18(16-21)22(25)24-19-13-11-17(12-14-19)23(26)28-20-8-4-3-5-9-20/h6-7,10-14,16,20H,2-5,8-9,15H2,1H3,(H,24,25). The molecule has 1 N–H and O–H groups in total. The molecule has 28 heavy (non-hydrogen) atoms. The summed E-state index contributed by atoms with van der Waals surface area (Å²) in [5.41, 5.74) is 1.65. The normalized spacial score (nSPS) is 14.3. The fourth-order valence-corrected chi connectivity index (χ4v) is 3.24. The van der Waals surface area contributed by atoms with Gasteiger partial charge in [-0.3, -0.25) is 4.79 Å². The van der Waals surface area contributed by atoms with Crippen molar-refractivity contribution in [3.63, 3.8) is 0 Å². The Morgan fingerprint density at radius 3 is 2.46 bits per heavy atom. The van der Waals surface area contributed by atoms with E-state index < -0.39 is 0 Å². The van der Waals surface area contributed by atoms with Gasteiger partial charge >= 0.3 is 5.97 Å². The van der Waals surface area contributed by atoms with Gasteiger partial charge in [0.2, 0.25) is 0 Å². The van der Waals surface area contributed by atoms with Gasteiger partial charge in [-0.15, -0.1) is 0 Å². The van der Waals surface area contributed by atoms with Crippen LogP contribution in [0, 0.1) is 0 Å². The van der Waals surface area contributed by atoms with E-state index in [0.717, 1.165) is 32.1 Å². The number of nitrogens with one attached hydrogen (secondary N) is 1. The third-order valence-corrected chi connectivity index (χ3v) is 4.77. The molecule has 2 aromatic carbocycles. The van der Waals surface area contributed by atoms with E-state index >= 15 is 0 Å². The van der Waals surface area contributed by atoms with Crippen LogP contribution in [0.1, 0.15) is 66.2 Å². The topological polar surface area (TPSA) is 64.6 Å². The van der Waals surface area contributed by atoms with Crippen molar-refractivity contribution >= 4 is 17.6 Å². The number of ether oxygens (including phenoxy) is 2. The van der Waals surface area contributed by atoms with Crippen LogP contribution in [-0.2, 0) is 4.74 Å². The summed E-state index contributed by atoms with van der Waals surface area (Å²) in [4.78, 5) is 24.7. The molecular formula is C23H27NO4. The van der Waals surface area contributed by atoms with Gasteiger partial charge in [0.1, 0.15) is 11.9 Å². The molecule has 1 saturated carbocycles. The average Bonchev–Trinajstić information content (AvgIpc) is 2.73. The highest BCUT2D eigenvalue weighted by Crippen LogP contribution is 2.22. The minimum atomic E-state index is -0.300. The molecule has 0 heterocycles. The zero-order valence-corrected chi connectivity index (χ0v) is 16.3. The van der Waals surface area contributed by atoms with Crippen LogP contribution in [0.25, 0.3) is 0 Å². The number of benzene rings is 2. The summed E-state index contributed by atoms with van der Waals surface area (Å²) in [6.07, 6.45) is 6.29. The van der Waals surface area contributed by atoms with Crippen LogP contribution < -0.4 is 10.1 Å². The molecule has 5 nitrogen and oxygen atoms in total. The molecule has 1 aliphatic rings. The molecule has 0 saturated heterocycles. The van der Waals surface area contributed by atoms with Gasteiger partial charge in [0.15, 0.2) is 0 Å². The summed E-state index contributed by atoms with van der Waals surface area (Å²) in [6, 6.07) is 13.9. The van der Waals surface area contributed by atoms with Gasteiger partial charge in [-0.05, 0) is 74.6 Å². The molecule has 0 radical (unpaired) electrons. The molecule has 3 rings (SSSR count). The zero-order chi connectivity index (χ0) is 19.8. The zero-order valence-electron chi connectivity index (χ0n) is 16.3. The summed E-state index contributed by atoms with van der Waals surface area (Å²) in [5, 5.41) is 2.84.